The zero-order chi connectivity index (χ0) is 36.6. The normalized spacial score (nSPS) is 12.1. The van der Waals surface area contributed by atoms with Crippen LogP contribution in [0.1, 0.15) is 226 Å². The van der Waals surface area contributed by atoms with Gasteiger partial charge in [-0.2, -0.15) is 0 Å². The van der Waals surface area contributed by atoms with Gasteiger partial charge in [0.2, 0.25) is 0 Å². The Morgan fingerprint density at radius 3 is 1.32 bits per heavy atom. The Bertz CT molecular complexity index is 702. The molecule has 6 nitrogen and oxygen atoms in total. The highest BCUT2D eigenvalue weighted by Crippen LogP contribution is 2.20. The van der Waals surface area contributed by atoms with Crippen molar-refractivity contribution in [1.29, 1.82) is 0 Å². The van der Waals surface area contributed by atoms with Crippen LogP contribution >= 0.6 is 0 Å². The molecule has 1 N–H and O–H groups in total. The quantitative estimate of drug-likeness (QED) is 0.0503. The second kappa shape index (κ2) is 40.6. The summed E-state index contributed by atoms with van der Waals surface area (Å²) >= 11 is 0. The summed E-state index contributed by atoms with van der Waals surface area (Å²) in [6.45, 7) is 10.8. The summed E-state index contributed by atoms with van der Waals surface area (Å²) < 4.78 is 11.2. The van der Waals surface area contributed by atoms with E-state index in [1.165, 1.54) is 128 Å². The molecule has 6 heteroatoms. The van der Waals surface area contributed by atoms with Crippen LogP contribution in [0.4, 0.5) is 0 Å². The molecule has 0 bridgehead atoms. The van der Waals surface area contributed by atoms with E-state index in [4.69, 9.17) is 9.47 Å². The van der Waals surface area contributed by atoms with Gasteiger partial charge in [-0.15, -0.1) is 0 Å². The van der Waals surface area contributed by atoms with Gasteiger partial charge in [-0.05, 0) is 64.0 Å². The number of rotatable bonds is 41. The maximum absolute atomic E-state index is 12.5. The number of carbonyl (C=O) groups is 2. The molecular weight excluding hydrogens is 622 g/mol. The lowest BCUT2D eigenvalue weighted by molar-refractivity contribution is -0.145. The summed E-state index contributed by atoms with van der Waals surface area (Å²) in [7, 11) is 0. The maximum atomic E-state index is 12.5. The summed E-state index contributed by atoms with van der Waals surface area (Å²) in [6.07, 6.45) is 37.7. The van der Waals surface area contributed by atoms with Gasteiger partial charge < -0.3 is 19.5 Å². The Labute approximate surface area is 312 Å². The third-order valence-corrected chi connectivity index (χ3v) is 10.3. The van der Waals surface area contributed by atoms with Crippen molar-refractivity contribution < 1.29 is 24.2 Å². The van der Waals surface area contributed by atoms with Crippen molar-refractivity contribution in [2.75, 3.05) is 39.5 Å². The topological polar surface area (TPSA) is 76.1 Å². The van der Waals surface area contributed by atoms with Crippen LogP contribution in [0.25, 0.3) is 0 Å². The van der Waals surface area contributed by atoms with Gasteiger partial charge in [0.1, 0.15) is 0 Å². The van der Waals surface area contributed by atoms with Gasteiger partial charge in [-0.25, -0.2) is 0 Å². The van der Waals surface area contributed by atoms with Crippen LogP contribution in [0.3, 0.4) is 0 Å². The largest absolute Gasteiger partial charge is 0.466 e. The number of carbonyl (C=O) groups excluding carboxylic acids is 2. The van der Waals surface area contributed by atoms with Crippen LogP contribution in [-0.4, -0.2) is 61.4 Å². The Morgan fingerprint density at radius 2 is 0.840 bits per heavy atom. The third kappa shape index (κ3) is 36.6. The first-order valence-electron chi connectivity index (χ1n) is 22.2. The fourth-order valence-corrected chi connectivity index (χ4v) is 6.91. The van der Waals surface area contributed by atoms with Gasteiger partial charge in [-0.3, -0.25) is 9.59 Å². The van der Waals surface area contributed by atoms with Crippen molar-refractivity contribution in [2.45, 2.75) is 226 Å². The van der Waals surface area contributed by atoms with E-state index in [9.17, 15) is 14.7 Å². The Morgan fingerprint density at radius 1 is 0.460 bits per heavy atom. The lowest BCUT2D eigenvalue weighted by atomic mass is 9.95. The van der Waals surface area contributed by atoms with E-state index in [1.807, 2.05) is 0 Å². The minimum absolute atomic E-state index is 0.00915. The van der Waals surface area contributed by atoms with E-state index in [1.54, 1.807) is 0 Å². The fourth-order valence-electron chi connectivity index (χ4n) is 6.91. The molecule has 0 rings (SSSR count). The van der Waals surface area contributed by atoms with Gasteiger partial charge in [-0.1, -0.05) is 168 Å². The number of hydrogen-bond donors (Lipinski definition) is 1. The molecule has 1 atom stereocenters. The lowest BCUT2D eigenvalue weighted by Gasteiger charge is -2.21. The second-order valence-electron chi connectivity index (χ2n) is 15.3. The second-order valence-corrected chi connectivity index (χ2v) is 15.3. The predicted octanol–water partition coefficient (Wildman–Crippen LogP) is 12.5. The number of aliphatic hydroxyl groups is 1. The number of aliphatic hydroxyl groups excluding tert-OH is 1. The van der Waals surface area contributed by atoms with Crippen LogP contribution in [0.15, 0.2) is 0 Å². The van der Waals surface area contributed by atoms with Crippen LogP contribution < -0.4 is 0 Å². The zero-order valence-corrected chi connectivity index (χ0v) is 34.0. The van der Waals surface area contributed by atoms with Gasteiger partial charge in [0.05, 0.1) is 19.8 Å². The first-order chi connectivity index (χ1) is 24.6. The molecule has 0 spiro atoms. The zero-order valence-electron chi connectivity index (χ0n) is 34.0. The monoisotopic (exact) mass is 710 g/mol. The highest BCUT2D eigenvalue weighted by atomic mass is 16.5. The smallest absolute Gasteiger partial charge is 0.305 e. The lowest BCUT2D eigenvalue weighted by Crippen LogP contribution is -2.29. The van der Waals surface area contributed by atoms with Gasteiger partial charge in [0.25, 0.3) is 0 Å². The summed E-state index contributed by atoms with van der Waals surface area (Å²) in [4.78, 5) is 26.9. The van der Waals surface area contributed by atoms with Gasteiger partial charge in [0.15, 0.2) is 0 Å². The predicted molar refractivity (Wildman–Crippen MR) is 214 cm³/mol. The molecule has 0 aromatic carbocycles. The number of esters is 2. The molecule has 0 saturated heterocycles. The number of unbranched alkanes of at least 4 members (excludes halogenated alkanes) is 23. The molecule has 0 aromatic rings. The summed E-state index contributed by atoms with van der Waals surface area (Å²) in [5, 5.41) is 9.52. The van der Waals surface area contributed by atoms with Crippen LogP contribution in [0, 0.1) is 5.92 Å². The average Bonchev–Trinajstić information content (AvgIpc) is 3.11. The van der Waals surface area contributed by atoms with Crippen molar-refractivity contribution in [3.8, 4) is 0 Å². The van der Waals surface area contributed by atoms with E-state index in [0.29, 0.717) is 38.5 Å². The molecule has 0 aliphatic heterocycles. The van der Waals surface area contributed by atoms with E-state index in [0.717, 1.165) is 77.3 Å². The van der Waals surface area contributed by atoms with Crippen molar-refractivity contribution in [1.82, 2.24) is 4.90 Å². The van der Waals surface area contributed by atoms with E-state index in [-0.39, 0.29) is 18.5 Å². The highest BCUT2D eigenvalue weighted by molar-refractivity contribution is 5.69. The number of hydrogen-bond acceptors (Lipinski definition) is 6. The fraction of sp³-hybridized carbons (Fsp3) is 0.955. The van der Waals surface area contributed by atoms with E-state index in [2.05, 4.69) is 25.7 Å². The van der Waals surface area contributed by atoms with Crippen LogP contribution in [-0.2, 0) is 19.1 Å². The molecule has 298 valence electrons. The molecule has 0 aliphatic carbocycles. The SMILES string of the molecule is CCCCCCCCCCCOC(=O)CCCCCN(CCO)CCCCCCCC(=O)OCC(CCCCCCC)CCCCCCCC. The molecule has 1 unspecified atom stereocenters. The minimum Gasteiger partial charge on any atom is -0.466 e. The average molecular weight is 710 g/mol. The molecule has 0 radical (unpaired) electrons. The van der Waals surface area contributed by atoms with Crippen LogP contribution in [0.5, 0.6) is 0 Å². The summed E-state index contributed by atoms with van der Waals surface area (Å²) in [6, 6.07) is 0. The molecule has 0 fully saturated rings. The maximum Gasteiger partial charge on any atom is 0.305 e. The summed E-state index contributed by atoms with van der Waals surface area (Å²) in [5.41, 5.74) is 0. The van der Waals surface area contributed by atoms with E-state index < -0.39 is 0 Å². The van der Waals surface area contributed by atoms with Crippen molar-refractivity contribution >= 4 is 11.9 Å². The van der Waals surface area contributed by atoms with Crippen molar-refractivity contribution in [2.24, 2.45) is 5.92 Å². The number of ether oxygens (including phenoxy) is 2. The Kier molecular flexibility index (Phi) is 39.7. The van der Waals surface area contributed by atoms with Crippen LogP contribution in [0.2, 0.25) is 0 Å². The molecule has 0 saturated carbocycles. The number of nitrogens with zero attached hydrogens (tertiary/aromatic N) is 1. The molecule has 0 aromatic heterocycles. The molecule has 50 heavy (non-hydrogen) atoms. The first-order valence-corrected chi connectivity index (χ1v) is 22.2. The van der Waals surface area contributed by atoms with E-state index >= 15 is 0 Å². The van der Waals surface area contributed by atoms with Gasteiger partial charge >= 0.3 is 11.9 Å². The molecule has 0 heterocycles. The Hall–Kier alpha value is -1.14. The standard InChI is InChI=1S/C44H87NO5/c1-4-7-10-13-15-16-17-23-31-40-49-43(47)34-28-24-30-37-45(38-39-46)36-29-22-18-21-27-35-44(48)50-41-42(32-25-19-12-9-6-3)33-26-20-14-11-8-5-2/h42,46H,4-41H2,1-3H3. The third-order valence-electron chi connectivity index (χ3n) is 10.3. The summed E-state index contributed by atoms with van der Waals surface area (Å²) in [5.74, 6) is 0.473. The highest BCUT2D eigenvalue weighted by Gasteiger charge is 2.13. The molecular formula is C44H87NO5. The first kappa shape index (κ1) is 48.9. The minimum atomic E-state index is -0.0501. The van der Waals surface area contributed by atoms with Crippen molar-refractivity contribution in [3.05, 3.63) is 0 Å². The van der Waals surface area contributed by atoms with Crippen molar-refractivity contribution in [3.63, 3.8) is 0 Å². The Balaban J connectivity index is 3.90. The molecule has 0 aliphatic rings. The molecule has 0 amide bonds. The van der Waals surface area contributed by atoms with Gasteiger partial charge in [0, 0.05) is 19.4 Å².